The van der Waals surface area contributed by atoms with E-state index in [1.165, 1.54) is 16.7 Å². The van der Waals surface area contributed by atoms with Gasteiger partial charge in [0.15, 0.2) is 0 Å². The van der Waals surface area contributed by atoms with Crippen molar-refractivity contribution < 1.29 is 12.8 Å². The molecule has 44 heavy (non-hydrogen) atoms. The predicted octanol–water partition coefficient (Wildman–Crippen LogP) is 10.4. The maximum atomic E-state index is 5.22. The van der Waals surface area contributed by atoms with Gasteiger partial charge in [-0.2, -0.15) is 0 Å². The van der Waals surface area contributed by atoms with Crippen LogP contribution in [0.25, 0.3) is 0 Å². The van der Waals surface area contributed by atoms with Gasteiger partial charge in [-0.05, 0) is 93.6 Å². The van der Waals surface area contributed by atoms with Crippen LogP contribution in [0, 0.1) is 20.8 Å². The van der Waals surface area contributed by atoms with E-state index in [0.717, 1.165) is 52.0 Å². The predicted molar refractivity (Wildman–Crippen MR) is 186 cm³/mol. The fourth-order valence-electron chi connectivity index (χ4n) is 5.21. The zero-order valence-corrected chi connectivity index (χ0v) is 27.6. The molecule has 6 nitrogen and oxygen atoms in total. The zero-order chi connectivity index (χ0) is 30.6. The summed E-state index contributed by atoms with van der Waals surface area (Å²) in [5.74, 6) is 4.57. The molecule has 6 aromatic rings. The van der Waals surface area contributed by atoms with Crippen molar-refractivity contribution in [2.45, 2.75) is 20.8 Å². The first-order valence-electron chi connectivity index (χ1n) is 14.2. The van der Waals surface area contributed by atoms with Crippen LogP contribution in [0.5, 0.6) is 0 Å². The van der Waals surface area contributed by atoms with Crippen LogP contribution in [0.2, 0.25) is 0 Å². The summed E-state index contributed by atoms with van der Waals surface area (Å²) in [5.41, 5.74) is 6.51. The fourth-order valence-corrected chi connectivity index (χ4v) is 5.21. The van der Waals surface area contributed by atoms with E-state index in [1.54, 1.807) is 20.3 Å². The Morgan fingerprint density at radius 2 is 0.568 bits per heavy atom. The second-order valence-electron chi connectivity index (χ2n) is 10.6. The van der Waals surface area contributed by atoms with Crippen molar-refractivity contribution >= 4 is 72.3 Å². The van der Waals surface area contributed by atoms with E-state index in [1.807, 2.05) is 54.6 Å². The number of hydrogen-bond acceptors (Lipinski definition) is 6. The van der Waals surface area contributed by atoms with Crippen molar-refractivity contribution in [2.24, 2.45) is 0 Å². The third-order valence-electron chi connectivity index (χ3n) is 7.41. The number of fused-ring (bicyclic) bond motifs is 6. The molecule has 0 saturated carbocycles. The molecule has 0 N–H and O–H groups in total. The van der Waals surface area contributed by atoms with Crippen molar-refractivity contribution in [3.63, 3.8) is 0 Å². The summed E-state index contributed by atoms with van der Waals surface area (Å²) >= 11 is 5.87. The Morgan fingerprint density at radius 3 is 0.773 bits per heavy atom. The second kappa shape index (κ2) is 13.2. The first-order chi connectivity index (χ1) is 21.5. The van der Waals surface area contributed by atoms with Crippen molar-refractivity contribution in [3.05, 3.63) is 144 Å². The molecule has 0 unspecified atom stereocenters. The second-order valence-corrected chi connectivity index (χ2v) is 10.6. The quantitative estimate of drug-likeness (QED) is 0.133. The molecule has 0 spiro atoms. The van der Waals surface area contributed by atoms with E-state index in [4.69, 9.17) is 15.0 Å². The molecule has 3 aromatic carbocycles. The molecule has 0 radical (unpaired) electrons. The molecule has 1 aliphatic rings. The van der Waals surface area contributed by atoms with Crippen molar-refractivity contribution in [2.75, 3.05) is 14.7 Å². The summed E-state index contributed by atoms with van der Waals surface area (Å²) in [6.45, 7) is 6.28. The van der Waals surface area contributed by atoms with Gasteiger partial charge < -0.3 is 0 Å². The zero-order valence-electron chi connectivity index (χ0n) is 24.5. The van der Waals surface area contributed by atoms with Gasteiger partial charge in [0.25, 0.3) is 0 Å². The van der Waals surface area contributed by atoms with Crippen LogP contribution in [0.4, 0.5) is 52.0 Å². The number of aryl methyl sites for hydroxylation is 3. The van der Waals surface area contributed by atoms with Gasteiger partial charge in [-0.1, -0.05) is 71.3 Å². The van der Waals surface area contributed by atoms with Crippen LogP contribution < -0.4 is 14.7 Å². The number of nitrogens with zero attached hydrogens (tertiary/aromatic N) is 6. The van der Waals surface area contributed by atoms with Gasteiger partial charge in [-0.15, -0.1) is 0 Å². The number of benzene rings is 3. The van der Waals surface area contributed by atoms with E-state index < -0.39 is 0 Å². The molecule has 8 heteroatoms. The molecule has 0 atom stereocenters. The summed E-state index contributed by atoms with van der Waals surface area (Å²) in [6.07, 6.45) is 0. The minimum absolute atomic E-state index is 0.761. The Balaban J connectivity index is 0.00000168. The van der Waals surface area contributed by atoms with Crippen molar-refractivity contribution in [1.82, 2.24) is 15.0 Å². The van der Waals surface area contributed by atoms with Gasteiger partial charge >= 0.3 is 33.1 Å². The number of halogens is 1. The third-order valence-corrected chi connectivity index (χ3v) is 7.41. The van der Waals surface area contributed by atoms with Gasteiger partial charge in [0.05, 0.1) is 0 Å². The topological polar surface area (TPSA) is 48.4 Å². The molecule has 7 rings (SSSR count). The summed E-state index contributed by atoms with van der Waals surface area (Å²) < 4.78 is 0. The maximum absolute atomic E-state index is 5.22. The average Bonchev–Trinajstić information content (AvgIpc) is 3.06. The van der Waals surface area contributed by atoms with Gasteiger partial charge in [0, 0.05) is 17.1 Å². The average molecular weight is 737 g/mol. The molecule has 222 valence electrons. The van der Waals surface area contributed by atoms with E-state index in [2.05, 4.69) is 121 Å². The molecule has 0 aliphatic carbocycles. The monoisotopic (exact) mass is 736 g/mol. The van der Waals surface area contributed by atoms with Gasteiger partial charge in [-0.25, -0.2) is 15.0 Å². The Labute approximate surface area is 278 Å². The Morgan fingerprint density at radius 1 is 0.364 bits per heavy atom. The van der Waals surface area contributed by atoms with E-state index in [9.17, 15) is 0 Å². The number of aromatic nitrogens is 3. The molecule has 0 amide bonds. The van der Waals surface area contributed by atoms with E-state index in [-0.39, 0.29) is 0 Å². The SMILES string of the molecule is Cc1ccc(N2c3cccc(n3)N(c3ccc(C)cc3)c3cccc(n3)N(c3ccc(C)cc3)c3cccc2n3)cc1.[Cu][I]. The fraction of sp³-hybridized carbons (Fsp3) is 0.0833. The van der Waals surface area contributed by atoms with Crippen LogP contribution in [0.1, 0.15) is 16.7 Å². The molecule has 4 heterocycles. The number of pyridine rings is 3. The molecule has 0 fully saturated rings. The Kier molecular flexibility index (Phi) is 8.93. The molecule has 6 bridgehead atoms. The van der Waals surface area contributed by atoms with E-state index in [0.29, 0.717) is 0 Å². The van der Waals surface area contributed by atoms with Crippen LogP contribution in [0.15, 0.2) is 127 Å². The van der Waals surface area contributed by atoms with Crippen molar-refractivity contribution in [3.8, 4) is 0 Å². The van der Waals surface area contributed by atoms with Crippen LogP contribution in [0.3, 0.4) is 0 Å². The van der Waals surface area contributed by atoms with Crippen LogP contribution in [-0.4, -0.2) is 15.0 Å². The normalized spacial score (nSPS) is 12.1. The summed E-state index contributed by atoms with van der Waals surface area (Å²) in [7, 11) is 0. The van der Waals surface area contributed by atoms with Crippen LogP contribution in [-0.2, 0) is 12.8 Å². The molecular weight excluding hydrogens is 707 g/mol. The van der Waals surface area contributed by atoms with Gasteiger partial charge in [0.2, 0.25) is 0 Å². The summed E-state index contributed by atoms with van der Waals surface area (Å²) in [5, 5.41) is 0. The molecule has 0 saturated heterocycles. The minimum atomic E-state index is 0.761. The first-order valence-corrected chi connectivity index (χ1v) is 17.2. The van der Waals surface area contributed by atoms with Crippen molar-refractivity contribution in [1.29, 1.82) is 0 Å². The Bertz CT molecular complexity index is 1600. The molecular formula is C36H30CuIN6. The summed E-state index contributed by atoms with van der Waals surface area (Å²) in [4.78, 5) is 22.0. The third kappa shape index (κ3) is 6.06. The number of anilines is 9. The molecule has 3 aromatic heterocycles. The van der Waals surface area contributed by atoms with Gasteiger partial charge in [0.1, 0.15) is 34.9 Å². The Hall–Kier alpha value is -4.24. The first kappa shape index (κ1) is 29.8. The number of hydrogen-bond donors (Lipinski definition) is 0. The van der Waals surface area contributed by atoms with E-state index >= 15 is 0 Å². The molecule has 1 aliphatic heterocycles. The van der Waals surface area contributed by atoms with Crippen LogP contribution >= 0.6 is 20.3 Å². The standard InChI is InChI=1S/C36H30N6.Cu.HI/c1-25-13-19-28(20-14-25)40-31-7-4-9-33(37-31)41(29-21-15-26(2)16-22-29)35-11-6-12-36(39-35)42(30-23-17-27(3)18-24-30)34-10-5-8-32(40)38-34;;/h4-24H,1-3H3;;1H/q;+1;/p-1. The summed E-state index contributed by atoms with van der Waals surface area (Å²) in [6, 6.07) is 43.7. The number of rotatable bonds is 3. The van der Waals surface area contributed by atoms with Gasteiger partial charge in [-0.3, -0.25) is 14.7 Å².